The Kier molecular flexibility index (Phi) is 5.53. The number of thiophene rings is 1. The molecule has 10 nitrogen and oxygen atoms in total. The molecule has 3 heterocycles. The van der Waals surface area contributed by atoms with Crippen molar-refractivity contribution in [1.29, 1.82) is 0 Å². The summed E-state index contributed by atoms with van der Waals surface area (Å²) in [5, 5.41) is 8.38. The quantitative estimate of drug-likeness (QED) is 0.487. The van der Waals surface area contributed by atoms with Gasteiger partial charge in [0.25, 0.3) is 11.8 Å². The minimum absolute atomic E-state index is 0.223. The Balaban J connectivity index is 1.66. The first-order valence-electron chi connectivity index (χ1n) is 9.65. The van der Waals surface area contributed by atoms with E-state index in [0.29, 0.717) is 43.6 Å². The van der Waals surface area contributed by atoms with Crippen LogP contribution in [0.3, 0.4) is 0 Å². The van der Waals surface area contributed by atoms with Crippen molar-refractivity contribution in [2.75, 3.05) is 19.5 Å². The molecule has 1 aromatic carbocycles. The summed E-state index contributed by atoms with van der Waals surface area (Å²) in [6, 6.07) is 6.22. The fraction of sp³-hybridized carbons (Fsp3) is 0.286. The summed E-state index contributed by atoms with van der Waals surface area (Å²) >= 11 is 1.23. The number of fused-ring (bicyclic) bond motifs is 1. The molecule has 0 aliphatic carbocycles. The first kappa shape index (κ1) is 21.7. The van der Waals surface area contributed by atoms with Crippen LogP contribution >= 0.6 is 11.3 Å². The molecule has 166 valence electrons. The number of urea groups is 1. The van der Waals surface area contributed by atoms with Crippen LogP contribution in [0.25, 0.3) is 10.2 Å². The van der Waals surface area contributed by atoms with Gasteiger partial charge in [-0.2, -0.15) is 4.98 Å². The van der Waals surface area contributed by atoms with Crippen molar-refractivity contribution in [3.63, 3.8) is 0 Å². The van der Waals surface area contributed by atoms with E-state index in [1.54, 1.807) is 38.3 Å². The Labute approximate surface area is 187 Å². The Morgan fingerprint density at radius 3 is 2.69 bits per heavy atom. The lowest BCUT2D eigenvalue weighted by Gasteiger charge is -2.21. The number of methoxy groups -OCH3 is 2. The highest BCUT2D eigenvalue weighted by atomic mass is 32.1. The molecular formula is C21H21N5O5S. The number of hydrogen-bond acceptors (Lipinski definition) is 8. The van der Waals surface area contributed by atoms with Crippen molar-refractivity contribution >= 4 is 45.1 Å². The first-order chi connectivity index (χ1) is 15.3. The molecule has 2 aromatic heterocycles. The van der Waals surface area contributed by atoms with Gasteiger partial charge in [-0.3, -0.25) is 14.9 Å². The number of anilines is 1. The molecule has 1 fully saturated rings. The van der Waals surface area contributed by atoms with Crippen LogP contribution in [0.5, 0.6) is 5.88 Å². The molecule has 1 atom stereocenters. The zero-order valence-corrected chi connectivity index (χ0v) is 18.7. The van der Waals surface area contributed by atoms with Gasteiger partial charge >= 0.3 is 6.03 Å². The van der Waals surface area contributed by atoms with E-state index in [4.69, 9.17) is 9.47 Å². The average Bonchev–Trinajstić information content (AvgIpc) is 3.23. The molecule has 0 bridgehead atoms. The Hall–Kier alpha value is -3.57. The predicted molar refractivity (Wildman–Crippen MR) is 118 cm³/mol. The summed E-state index contributed by atoms with van der Waals surface area (Å²) in [5.41, 5.74) is 0.515. The van der Waals surface area contributed by atoms with Crippen LogP contribution in [0.2, 0.25) is 0 Å². The highest BCUT2D eigenvalue weighted by Gasteiger charge is 2.43. The average molecular weight is 455 g/mol. The number of carbonyl (C=O) groups excluding carboxylic acids is 3. The molecule has 1 unspecified atom stereocenters. The van der Waals surface area contributed by atoms with Gasteiger partial charge in [0, 0.05) is 12.8 Å². The van der Waals surface area contributed by atoms with E-state index in [0.717, 1.165) is 0 Å². The molecule has 1 aliphatic heterocycles. The third-order valence-corrected chi connectivity index (χ3v) is 6.40. The summed E-state index contributed by atoms with van der Waals surface area (Å²) in [6.07, 6.45) is 0. The number of rotatable bonds is 6. The normalized spacial score (nSPS) is 17.9. The third-order valence-electron chi connectivity index (χ3n) is 5.22. The van der Waals surface area contributed by atoms with Crippen LogP contribution in [0, 0.1) is 6.92 Å². The maximum absolute atomic E-state index is 13.1. The minimum atomic E-state index is -1.22. The zero-order chi connectivity index (χ0) is 23.0. The van der Waals surface area contributed by atoms with E-state index < -0.39 is 17.5 Å². The number of amides is 4. The Bertz CT molecular complexity index is 1260. The molecule has 4 rings (SSSR count). The maximum atomic E-state index is 13.1. The van der Waals surface area contributed by atoms with E-state index in [9.17, 15) is 14.4 Å². The second-order valence-corrected chi connectivity index (χ2v) is 8.39. The highest BCUT2D eigenvalue weighted by Crippen LogP contribution is 2.35. The Morgan fingerprint density at radius 2 is 2.03 bits per heavy atom. The van der Waals surface area contributed by atoms with Crippen molar-refractivity contribution in [3.05, 3.63) is 46.1 Å². The lowest BCUT2D eigenvalue weighted by atomic mass is 9.92. The van der Waals surface area contributed by atoms with E-state index in [1.165, 1.54) is 18.4 Å². The van der Waals surface area contributed by atoms with Crippen molar-refractivity contribution in [2.24, 2.45) is 0 Å². The van der Waals surface area contributed by atoms with E-state index in [2.05, 4.69) is 25.9 Å². The number of benzene rings is 1. The van der Waals surface area contributed by atoms with Crippen molar-refractivity contribution in [3.8, 4) is 5.88 Å². The molecule has 3 aromatic rings. The molecule has 0 spiro atoms. The second kappa shape index (κ2) is 8.17. The number of imide groups is 1. The van der Waals surface area contributed by atoms with E-state index in [-0.39, 0.29) is 12.5 Å². The molecule has 1 saturated heterocycles. The number of nitrogens with one attached hydrogen (secondary N) is 3. The zero-order valence-electron chi connectivity index (χ0n) is 17.9. The van der Waals surface area contributed by atoms with Crippen LogP contribution in [-0.4, -0.2) is 42.0 Å². The summed E-state index contributed by atoms with van der Waals surface area (Å²) in [7, 11) is 3.06. The fourth-order valence-corrected chi connectivity index (χ4v) is 4.63. The van der Waals surface area contributed by atoms with Crippen LogP contribution in [-0.2, 0) is 21.7 Å². The van der Waals surface area contributed by atoms with E-state index in [1.807, 2.05) is 6.92 Å². The molecule has 3 N–H and O–H groups in total. The summed E-state index contributed by atoms with van der Waals surface area (Å²) < 4.78 is 10.5. The topological polar surface area (TPSA) is 132 Å². The third kappa shape index (κ3) is 3.65. The molecular weight excluding hydrogens is 434 g/mol. The van der Waals surface area contributed by atoms with Gasteiger partial charge in [0.1, 0.15) is 17.0 Å². The molecule has 1 aliphatic rings. The highest BCUT2D eigenvalue weighted by molar-refractivity contribution is 7.20. The van der Waals surface area contributed by atoms with Crippen LogP contribution < -0.4 is 20.7 Å². The lowest BCUT2D eigenvalue weighted by Crippen LogP contribution is -2.40. The number of nitrogens with zero attached hydrogens (tertiary/aromatic N) is 2. The van der Waals surface area contributed by atoms with Gasteiger partial charge in [-0.25, -0.2) is 9.78 Å². The number of aromatic nitrogens is 2. The van der Waals surface area contributed by atoms with Crippen LogP contribution in [0.4, 0.5) is 10.5 Å². The fourth-order valence-electron chi connectivity index (χ4n) is 3.54. The minimum Gasteiger partial charge on any atom is -0.480 e. The van der Waals surface area contributed by atoms with Gasteiger partial charge in [-0.05, 0) is 37.1 Å². The predicted octanol–water partition coefficient (Wildman–Crippen LogP) is 2.46. The molecule has 11 heteroatoms. The van der Waals surface area contributed by atoms with Crippen molar-refractivity contribution in [1.82, 2.24) is 20.6 Å². The van der Waals surface area contributed by atoms with Crippen LogP contribution in [0.15, 0.2) is 24.3 Å². The van der Waals surface area contributed by atoms with Crippen LogP contribution in [0.1, 0.15) is 33.5 Å². The van der Waals surface area contributed by atoms with E-state index >= 15 is 0 Å². The standard InChI is InChI=1S/C21H21N5O5S/c1-10-14-17(31-4)23-13(9-30-3)24-18(14)32-15(10)16(27)22-12-7-5-6-11(8-12)21(2)19(28)25-20(29)26-21/h5-8H,9H2,1-4H3,(H,22,27)(H2,25,26,28,29). The lowest BCUT2D eigenvalue weighted by molar-refractivity contribution is -0.123. The van der Waals surface area contributed by atoms with Gasteiger partial charge in [0.15, 0.2) is 5.82 Å². The SMILES string of the molecule is COCc1nc(OC)c2c(C)c(C(=O)Nc3cccc(C4(C)NC(=O)NC4=O)c3)sc2n1. The van der Waals surface area contributed by atoms with Gasteiger partial charge in [0.05, 0.1) is 17.4 Å². The van der Waals surface area contributed by atoms with Crippen molar-refractivity contribution < 1.29 is 23.9 Å². The maximum Gasteiger partial charge on any atom is 0.322 e. The summed E-state index contributed by atoms with van der Waals surface area (Å²) in [5.74, 6) is 0.0579. The first-order valence-corrected chi connectivity index (χ1v) is 10.5. The van der Waals surface area contributed by atoms with Gasteiger partial charge in [-0.1, -0.05) is 12.1 Å². The summed E-state index contributed by atoms with van der Waals surface area (Å²) in [4.78, 5) is 46.8. The number of ether oxygens (including phenoxy) is 2. The number of aryl methyl sites for hydroxylation is 1. The summed E-state index contributed by atoms with van der Waals surface area (Å²) in [6.45, 7) is 3.64. The number of hydrogen-bond donors (Lipinski definition) is 3. The molecule has 0 radical (unpaired) electrons. The number of carbonyl (C=O) groups is 3. The monoisotopic (exact) mass is 455 g/mol. The van der Waals surface area contributed by atoms with Gasteiger partial charge < -0.3 is 20.1 Å². The second-order valence-electron chi connectivity index (χ2n) is 7.39. The molecule has 4 amide bonds. The molecule has 32 heavy (non-hydrogen) atoms. The largest absolute Gasteiger partial charge is 0.480 e. The van der Waals surface area contributed by atoms with Crippen molar-refractivity contribution in [2.45, 2.75) is 26.0 Å². The van der Waals surface area contributed by atoms with Gasteiger partial charge in [-0.15, -0.1) is 11.3 Å². The Morgan fingerprint density at radius 1 is 1.25 bits per heavy atom. The smallest absolute Gasteiger partial charge is 0.322 e. The van der Waals surface area contributed by atoms with Gasteiger partial charge in [0.2, 0.25) is 5.88 Å². The molecule has 0 saturated carbocycles.